The molecule has 18 heavy (non-hydrogen) atoms. The van der Waals surface area contributed by atoms with Gasteiger partial charge in [-0.05, 0) is 12.0 Å². The smallest absolute Gasteiger partial charge is 0.191 e. The molecule has 4 nitrogen and oxygen atoms in total. The van der Waals surface area contributed by atoms with Gasteiger partial charge in [0.1, 0.15) is 5.15 Å². The van der Waals surface area contributed by atoms with Crippen LogP contribution in [-0.2, 0) is 13.6 Å². The standard InChI is InChI=1S/C12H20Cl2N4/c1-8(2)6-16-12(15-3)17-7-9-5-10(13)11(14)18(9)4/h5,8H,6-7H2,1-4H3,(H2,15,16,17). The number of aliphatic imine (C=N–C) groups is 1. The highest BCUT2D eigenvalue weighted by atomic mass is 35.5. The van der Waals surface area contributed by atoms with Crippen molar-refractivity contribution in [3.05, 3.63) is 21.9 Å². The number of guanidine groups is 1. The normalized spacial score (nSPS) is 12.1. The predicted molar refractivity (Wildman–Crippen MR) is 78.5 cm³/mol. The van der Waals surface area contributed by atoms with Crippen LogP contribution < -0.4 is 10.6 Å². The minimum absolute atomic E-state index is 0.554. The highest BCUT2D eigenvalue weighted by Crippen LogP contribution is 2.24. The van der Waals surface area contributed by atoms with Gasteiger partial charge in [-0.3, -0.25) is 4.99 Å². The van der Waals surface area contributed by atoms with E-state index in [1.807, 2.05) is 17.7 Å². The van der Waals surface area contributed by atoms with Crippen LogP contribution in [-0.4, -0.2) is 24.1 Å². The fraction of sp³-hybridized carbons (Fsp3) is 0.583. The molecule has 0 amide bonds. The van der Waals surface area contributed by atoms with Crippen molar-refractivity contribution >= 4 is 29.2 Å². The summed E-state index contributed by atoms with van der Waals surface area (Å²) in [6, 6.07) is 1.85. The van der Waals surface area contributed by atoms with Crippen LogP contribution in [0.15, 0.2) is 11.1 Å². The molecule has 1 rings (SSSR count). The molecule has 0 spiro atoms. The first-order valence-corrected chi connectivity index (χ1v) is 6.65. The summed E-state index contributed by atoms with van der Waals surface area (Å²) in [5.41, 5.74) is 1.01. The first kappa shape index (κ1) is 15.2. The molecular weight excluding hydrogens is 271 g/mol. The fourth-order valence-corrected chi connectivity index (χ4v) is 1.87. The summed E-state index contributed by atoms with van der Waals surface area (Å²) >= 11 is 12.0. The third-order valence-electron chi connectivity index (χ3n) is 2.55. The maximum atomic E-state index is 6.01. The molecule has 0 saturated carbocycles. The second kappa shape index (κ2) is 6.90. The van der Waals surface area contributed by atoms with Gasteiger partial charge in [-0.2, -0.15) is 0 Å². The van der Waals surface area contributed by atoms with Crippen LogP contribution in [0.1, 0.15) is 19.5 Å². The third kappa shape index (κ3) is 4.10. The third-order valence-corrected chi connectivity index (χ3v) is 3.40. The van der Waals surface area contributed by atoms with Crippen molar-refractivity contribution in [1.29, 1.82) is 0 Å². The fourth-order valence-electron chi connectivity index (χ4n) is 1.45. The zero-order valence-corrected chi connectivity index (χ0v) is 12.7. The van der Waals surface area contributed by atoms with Crippen molar-refractivity contribution in [2.24, 2.45) is 18.0 Å². The van der Waals surface area contributed by atoms with Crippen LogP contribution in [0.3, 0.4) is 0 Å². The minimum Gasteiger partial charge on any atom is -0.356 e. The SMILES string of the molecule is CN=C(NCc1cc(Cl)c(Cl)n1C)NCC(C)C. The lowest BCUT2D eigenvalue weighted by Crippen LogP contribution is -2.38. The molecule has 0 aliphatic rings. The number of hydrogen-bond donors (Lipinski definition) is 2. The van der Waals surface area contributed by atoms with E-state index in [1.165, 1.54) is 0 Å². The van der Waals surface area contributed by atoms with Gasteiger partial charge in [0.05, 0.1) is 11.6 Å². The number of nitrogens with zero attached hydrogens (tertiary/aromatic N) is 2. The Labute approximate surface area is 118 Å². The monoisotopic (exact) mass is 290 g/mol. The Kier molecular flexibility index (Phi) is 5.82. The van der Waals surface area contributed by atoms with E-state index in [-0.39, 0.29) is 0 Å². The van der Waals surface area contributed by atoms with Crippen molar-refractivity contribution < 1.29 is 0 Å². The van der Waals surface area contributed by atoms with Crippen molar-refractivity contribution in [1.82, 2.24) is 15.2 Å². The predicted octanol–water partition coefficient (Wildman–Crippen LogP) is 2.65. The summed E-state index contributed by atoms with van der Waals surface area (Å²) in [5.74, 6) is 1.35. The molecule has 0 aromatic carbocycles. The molecule has 6 heteroatoms. The Morgan fingerprint density at radius 3 is 2.50 bits per heavy atom. The van der Waals surface area contributed by atoms with E-state index in [9.17, 15) is 0 Å². The molecule has 0 radical (unpaired) electrons. The van der Waals surface area contributed by atoms with E-state index < -0.39 is 0 Å². The lowest BCUT2D eigenvalue weighted by Gasteiger charge is -2.13. The summed E-state index contributed by atoms with van der Waals surface area (Å²) in [6.45, 7) is 5.81. The summed E-state index contributed by atoms with van der Waals surface area (Å²) in [5, 5.41) is 7.59. The highest BCUT2D eigenvalue weighted by Gasteiger charge is 2.09. The van der Waals surface area contributed by atoms with Gasteiger partial charge in [-0.15, -0.1) is 0 Å². The molecule has 0 saturated heterocycles. The van der Waals surface area contributed by atoms with Gasteiger partial charge in [-0.1, -0.05) is 37.0 Å². The summed E-state index contributed by atoms with van der Waals surface area (Å²) < 4.78 is 1.85. The number of rotatable bonds is 4. The van der Waals surface area contributed by atoms with Crippen LogP contribution in [0.4, 0.5) is 0 Å². The number of halogens is 2. The molecule has 0 atom stereocenters. The maximum absolute atomic E-state index is 6.01. The zero-order chi connectivity index (χ0) is 13.7. The van der Waals surface area contributed by atoms with Crippen molar-refractivity contribution in [2.45, 2.75) is 20.4 Å². The van der Waals surface area contributed by atoms with Gasteiger partial charge in [0.2, 0.25) is 0 Å². The molecule has 0 bridgehead atoms. The van der Waals surface area contributed by atoms with Gasteiger partial charge in [0, 0.05) is 26.3 Å². The van der Waals surface area contributed by atoms with Crippen molar-refractivity contribution in [2.75, 3.05) is 13.6 Å². The lowest BCUT2D eigenvalue weighted by atomic mass is 10.2. The van der Waals surface area contributed by atoms with Crippen LogP contribution in [0.25, 0.3) is 0 Å². The molecule has 0 aliphatic heterocycles. The maximum Gasteiger partial charge on any atom is 0.191 e. The van der Waals surface area contributed by atoms with E-state index in [0.717, 1.165) is 18.2 Å². The average molecular weight is 291 g/mol. The molecule has 1 aromatic rings. The van der Waals surface area contributed by atoms with Crippen LogP contribution >= 0.6 is 23.2 Å². The summed E-state index contributed by atoms with van der Waals surface area (Å²) in [4.78, 5) is 4.15. The van der Waals surface area contributed by atoms with Gasteiger partial charge in [0.15, 0.2) is 5.96 Å². The second-order valence-corrected chi connectivity index (χ2v) is 5.30. The van der Waals surface area contributed by atoms with Crippen LogP contribution in [0, 0.1) is 5.92 Å². The first-order chi connectivity index (χ1) is 8.45. The van der Waals surface area contributed by atoms with E-state index >= 15 is 0 Å². The van der Waals surface area contributed by atoms with E-state index in [2.05, 4.69) is 29.5 Å². The molecule has 2 N–H and O–H groups in total. The molecule has 1 aromatic heterocycles. The number of nitrogens with one attached hydrogen (secondary N) is 2. The lowest BCUT2D eigenvalue weighted by molar-refractivity contribution is 0.613. The number of aromatic nitrogens is 1. The van der Waals surface area contributed by atoms with Crippen LogP contribution in [0.2, 0.25) is 10.2 Å². The molecule has 102 valence electrons. The van der Waals surface area contributed by atoms with Crippen LogP contribution in [0.5, 0.6) is 0 Å². The quantitative estimate of drug-likeness (QED) is 0.661. The molecule has 0 fully saturated rings. The van der Waals surface area contributed by atoms with Gasteiger partial charge in [-0.25, -0.2) is 0 Å². The van der Waals surface area contributed by atoms with E-state index in [1.54, 1.807) is 7.05 Å². The van der Waals surface area contributed by atoms with E-state index in [0.29, 0.717) is 22.6 Å². The average Bonchev–Trinajstić information content (AvgIpc) is 2.57. The summed E-state index contributed by atoms with van der Waals surface area (Å²) in [6.07, 6.45) is 0. The highest BCUT2D eigenvalue weighted by molar-refractivity contribution is 6.41. The topological polar surface area (TPSA) is 41.4 Å². The molecule has 0 unspecified atom stereocenters. The molecule has 0 aliphatic carbocycles. The Balaban J connectivity index is 2.55. The molecular formula is C12H20Cl2N4. The largest absolute Gasteiger partial charge is 0.356 e. The van der Waals surface area contributed by atoms with Gasteiger partial charge < -0.3 is 15.2 Å². The van der Waals surface area contributed by atoms with Crippen molar-refractivity contribution in [3.63, 3.8) is 0 Å². The summed E-state index contributed by atoms with van der Waals surface area (Å²) in [7, 11) is 3.64. The zero-order valence-electron chi connectivity index (χ0n) is 11.2. The van der Waals surface area contributed by atoms with Gasteiger partial charge >= 0.3 is 0 Å². The second-order valence-electron chi connectivity index (χ2n) is 4.53. The Morgan fingerprint density at radius 2 is 2.06 bits per heavy atom. The Morgan fingerprint density at radius 1 is 1.39 bits per heavy atom. The van der Waals surface area contributed by atoms with Crippen molar-refractivity contribution in [3.8, 4) is 0 Å². The molecule has 1 heterocycles. The Bertz CT molecular complexity index is 424. The van der Waals surface area contributed by atoms with E-state index in [4.69, 9.17) is 23.2 Å². The minimum atomic E-state index is 0.554. The Hall–Kier alpha value is -0.870. The first-order valence-electron chi connectivity index (χ1n) is 5.89. The number of hydrogen-bond acceptors (Lipinski definition) is 1. The van der Waals surface area contributed by atoms with Gasteiger partial charge in [0.25, 0.3) is 0 Å².